The first-order valence-corrected chi connectivity index (χ1v) is 6.81. The molecule has 0 unspecified atom stereocenters. The highest BCUT2D eigenvalue weighted by Gasteiger charge is 2.01. The highest BCUT2D eigenvalue weighted by Crippen LogP contribution is 2.15. The van der Waals surface area contributed by atoms with E-state index in [1.807, 2.05) is 53.9 Å². The summed E-state index contributed by atoms with van der Waals surface area (Å²) in [4.78, 5) is 16.9. The van der Waals surface area contributed by atoms with Crippen molar-refractivity contribution < 1.29 is 4.79 Å². The van der Waals surface area contributed by atoms with E-state index in [1.165, 1.54) is 11.3 Å². The number of nitrogens with zero attached hydrogens (tertiary/aromatic N) is 1. The Kier molecular flexibility index (Phi) is 3.21. The van der Waals surface area contributed by atoms with Crippen LogP contribution in [0.1, 0.15) is 15.2 Å². The number of thiophene rings is 1. The topological polar surface area (TPSA) is 30.0 Å². The van der Waals surface area contributed by atoms with Crippen LogP contribution in [-0.2, 0) is 0 Å². The molecule has 0 radical (unpaired) electrons. The number of allylic oxidation sites excluding steroid dienone is 1. The Hall–Kier alpha value is -2.26. The zero-order valence-corrected chi connectivity index (χ0v) is 10.9. The van der Waals surface area contributed by atoms with Crippen molar-refractivity contribution in [2.24, 2.45) is 0 Å². The van der Waals surface area contributed by atoms with Crippen LogP contribution in [0.3, 0.4) is 0 Å². The molecule has 0 aliphatic carbocycles. The van der Waals surface area contributed by atoms with E-state index < -0.39 is 0 Å². The van der Waals surface area contributed by atoms with E-state index in [0.29, 0.717) is 0 Å². The average molecular weight is 265 g/mol. The van der Waals surface area contributed by atoms with Crippen molar-refractivity contribution in [2.45, 2.75) is 0 Å². The first-order chi connectivity index (χ1) is 9.33. The van der Waals surface area contributed by atoms with Crippen LogP contribution >= 0.6 is 11.3 Å². The predicted molar refractivity (Wildman–Crippen MR) is 79.4 cm³/mol. The Morgan fingerprint density at radius 3 is 2.95 bits per heavy atom. The standard InChI is InChI=1S/C16H11NOS/c18-15(16-4-2-10-19-16)8-6-12-5-7-14-13(11-12)3-1-9-17-14/h1-11H/b8-6+. The van der Waals surface area contributed by atoms with Gasteiger partial charge in [0.25, 0.3) is 0 Å². The van der Waals surface area contributed by atoms with Crippen LogP contribution in [0.2, 0.25) is 0 Å². The van der Waals surface area contributed by atoms with Gasteiger partial charge in [0.2, 0.25) is 0 Å². The van der Waals surface area contributed by atoms with Crippen LogP contribution in [0.5, 0.6) is 0 Å². The minimum atomic E-state index is 0.0429. The summed E-state index contributed by atoms with van der Waals surface area (Å²) in [5, 5.41) is 2.98. The number of aromatic nitrogens is 1. The summed E-state index contributed by atoms with van der Waals surface area (Å²) in [6, 6.07) is 13.6. The molecule has 2 nitrogen and oxygen atoms in total. The summed E-state index contributed by atoms with van der Waals surface area (Å²) in [7, 11) is 0. The molecule has 0 atom stereocenters. The van der Waals surface area contributed by atoms with Gasteiger partial charge in [-0.25, -0.2) is 0 Å². The largest absolute Gasteiger partial charge is 0.288 e. The average Bonchev–Trinajstić information content (AvgIpc) is 2.99. The number of hydrogen-bond donors (Lipinski definition) is 0. The third kappa shape index (κ3) is 2.61. The highest BCUT2D eigenvalue weighted by molar-refractivity contribution is 7.12. The zero-order chi connectivity index (χ0) is 13.1. The maximum absolute atomic E-state index is 11.9. The third-order valence-corrected chi connectivity index (χ3v) is 3.70. The van der Waals surface area contributed by atoms with E-state index in [0.717, 1.165) is 21.3 Å². The summed E-state index contributed by atoms with van der Waals surface area (Å²) < 4.78 is 0. The summed E-state index contributed by atoms with van der Waals surface area (Å²) >= 11 is 1.46. The SMILES string of the molecule is O=C(/C=C/c1ccc2ncccc2c1)c1cccs1. The smallest absolute Gasteiger partial charge is 0.195 e. The number of hydrogen-bond acceptors (Lipinski definition) is 3. The molecule has 0 amide bonds. The van der Waals surface area contributed by atoms with Crippen molar-refractivity contribution in [2.75, 3.05) is 0 Å². The summed E-state index contributed by atoms with van der Waals surface area (Å²) in [6.07, 6.45) is 5.23. The fourth-order valence-corrected chi connectivity index (χ4v) is 2.52. The maximum atomic E-state index is 11.9. The van der Waals surface area contributed by atoms with Gasteiger partial charge in [0, 0.05) is 11.6 Å². The molecule has 2 heterocycles. The molecular weight excluding hydrogens is 254 g/mol. The van der Waals surface area contributed by atoms with Crippen LogP contribution < -0.4 is 0 Å². The number of pyridine rings is 1. The predicted octanol–water partition coefficient (Wildman–Crippen LogP) is 4.19. The Morgan fingerprint density at radius 1 is 1.16 bits per heavy atom. The van der Waals surface area contributed by atoms with Crippen LogP contribution in [0.15, 0.2) is 60.1 Å². The Labute approximate surface area is 115 Å². The van der Waals surface area contributed by atoms with Gasteiger partial charge < -0.3 is 0 Å². The van der Waals surface area contributed by atoms with E-state index in [-0.39, 0.29) is 5.78 Å². The van der Waals surface area contributed by atoms with Crippen molar-refractivity contribution in [1.29, 1.82) is 0 Å². The van der Waals surface area contributed by atoms with E-state index in [2.05, 4.69) is 4.98 Å². The lowest BCUT2D eigenvalue weighted by molar-refractivity contribution is 0.105. The Balaban J connectivity index is 1.87. The quantitative estimate of drug-likeness (QED) is 0.525. The number of fused-ring (bicyclic) bond motifs is 1. The van der Waals surface area contributed by atoms with Gasteiger partial charge in [-0.3, -0.25) is 9.78 Å². The van der Waals surface area contributed by atoms with Crippen LogP contribution in [0.4, 0.5) is 0 Å². The number of ketones is 1. The fourth-order valence-electron chi connectivity index (χ4n) is 1.87. The number of carbonyl (C=O) groups is 1. The molecule has 0 saturated carbocycles. The van der Waals surface area contributed by atoms with Crippen molar-refractivity contribution in [1.82, 2.24) is 4.98 Å². The second kappa shape index (κ2) is 5.16. The molecule has 0 N–H and O–H groups in total. The molecule has 92 valence electrons. The summed E-state index contributed by atoms with van der Waals surface area (Å²) in [6.45, 7) is 0. The van der Waals surface area contributed by atoms with E-state index >= 15 is 0 Å². The van der Waals surface area contributed by atoms with Gasteiger partial charge in [-0.1, -0.05) is 24.3 Å². The maximum Gasteiger partial charge on any atom is 0.195 e. The summed E-state index contributed by atoms with van der Waals surface area (Å²) in [5.41, 5.74) is 1.97. The van der Waals surface area contributed by atoms with Crippen LogP contribution in [0, 0.1) is 0 Å². The molecule has 0 aliphatic rings. The van der Waals surface area contributed by atoms with Crippen molar-refractivity contribution in [3.8, 4) is 0 Å². The Morgan fingerprint density at radius 2 is 2.11 bits per heavy atom. The lowest BCUT2D eigenvalue weighted by Gasteiger charge is -1.98. The van der Waals surface area contributed by atoms with Gasteiger partial charge in [-0.05, 0) is 41.3 Å². The molecule has 2 aromatic heterocycles. The van der Waals surface area contributed by atoms with Gasteiger partial charge >= 0.3 is 0 Å². The van der Waals surface area contributed by atoms with E-state index in [9.17, 15) is 4.79 Å². The fraction of sp³-hybridized carbons (Fsp3) is 0. The minimum absolute atomic E-state index is 0.0429. The molecule has 19 heavy (non-hydrogen) atoms. The normalized spacial score (nSPS) is 11.2. The monoisotopic (exact) mass is 265 g/mol. The number of benzene rings is 1. The molecule has 0 spiro atoms. The number of carbonyl (C=O) groups excluding carboxylic acids is 1. The molecular formula is C16H11NOS. The molecule has 0 aliphatic heterocycles. The zero-order valence-electron chi connectivity index (χ0n) is 10.1. The van der Waals surface area contributed by atoms with Crippen molar-refractivity contribution in [3.63, 3.8) is 0 Å². The second-order valence-corrected chi connectivity index (χ2v) is 5.08. The van der Waals surface area contributed by atoms with Gasteiger partial charge in [0.05, 0.1) is 10.4 Å². The molecule has 1 aromatic carbocycles. The van der Waals surface area contributed by atoms with Gasteiger partial charge in [0.15, 0.2) is 5.78 Å². The van der Waals surface area contributed by atoms with Gasteiger partial charge in [0.1, 0.15) is 0 Å². The van der Waals surface area contributed by atoms with Gasteiger partial charge in [-0.2, -0.15) is 0 Å². The van der Waals surface area contributed by atoms with Crippen LogP contribution in [0.25, 0.3) is 17.0 Å². The molecule has 0 bridgehead atoms. The number of rotatable bonds is 3. The first kappa shape index (κ1) is 11.8. The molecule has 3 rings (SSSR count). The summed E-state index contributed by atoms with van der Waals surface area (Å²) in [5.74, 6) is 0.0429. The highest BCUT2D eigenvalue weighted by atomic mass is 32.1. The molecule has 3 heteroatoms. The van der Waals surface area contributed by atoms with Gasteiger partial charge in [-0.15, -0.1) is 11.3 Å². The van der Waals surface area contributed by atoms with Crippen LogP contribution in [-0.4, -0.2) is 10.8 Å². The van der Waals surface area contributed by atoms with Crippen molar-refractivity contribution in [3.05, 3.63) is 70.6 Å². The molecule has 0 saturated heterocycles. The molecule has 3 aromatic rings. The molecule has 0 fully saturated rings. The lowest BCUT2D eigenvalue weighted by atomic mass is 10.1. The Bertz CT molecular complexity index is 744. The second-order valence-electron chi connectivity index (χ2n) is 4.13. The van der Waals surface area contributed by atoms with Crippen molar-refractivity contribution >= 4 is 34.1 Å². The minimum Gasteiger partial charge on any atom is -0.288 e. The van der Waals surface area contributed by atoms with E-state index in [4.69, 9.17) is 0 Å². The third-order valence-electron chi connectivity index (χ3n) is 2.82. The lowest BCUT2D eigenvalue weighted by Crippen LogP contribution is -1.88. The van der Waals surface area contributed by atoms with E-state index in [1.54, 1.807) is 12.3 Å². The first-order valence-electron chi connectivity index (χ1n) is 5.94.